The van der Waals surface area contributed by atoms with Gasteiger partial charge in [-0.15, -0.1) is 24.0 Å². The van der Waals surface area contributed by atoms with Gasteiger partial charge in [0.15, 0.2) is 5.96 Å². The molecule has 0 atom stereocenters. The lowest BCUT2D eigenvalue weighted by atomic mass is 10.2. The molecular formula is C16H24IN5. The van der Waals surface area contributed by atoms with Crippen LogP contribution in [0.25, 0.3) is 11.3 Å². The quantitative estimate of drug-likeness (QED) is 0.401. The van der Waals surface area contributed by atoms with Crippen LogP contribution in [0.5, 0.6) is 0 Å². The van der Waals surface area contributed by atoms with Crippen molar-refractivity contribution in [2.45, 2.75) is 20.4 Å². The van der Waals surface area contributed by atoms with E-state index in [-0.39, 0.29) is 24.0 Å². The average Bonchev–Trinajstić information content (AvgIpc) is 2.97. The Morgan fingerprint density at radius 1 is 1.23 bits per heavy atom. The van der Waals surface area contributed by atoms with E-state index in [0.29, 0.717) is 12.5 Å². The van der Waals surface area contributed by atoms with E-state index in [0.717, 1.165) is 29.6 Å². The lowest BCUT2D eigenvalue weighted by Crippen LogP contribution is -2.38. The topological polar surface area (TPSA) is 65.1 Å². The number of aromatic amines is 1. The number of imidazole rings is 1. The summed E-state index contributed by atoms with van der Waals surface area (Å²) in [6, 6.07) is 10.2. The first-order valence-corrected chi connectivity index (χ1v) is 7.23. The van der Waals surface area contributed by atoms with Gasteiger partial charge in [-0.25, -0.2) is 4.98 Å². The van der Waals surface area contributed by atoms with Crippen molar-refractivity contribution < 1.29 is 0 Å². The SMILES string of the molecule is CN=C(NCc1ncc(-c2ccccc2)[nH]1)NCC(C)C.I. The zero-order valence-electron chi connectivity index (χ0n) is 13.3. The summed E-state index contributed by atoms with van der Waals surface area (Å²) < 4.78 is 0. The lowest BCUT2D eigenvalue weighted by molar-refractivity contribution is 0.613. The molecule has 0 unspecified atom stereocenters. The molecule has 5 nitrogen and oxygen atoms in total. The van der Waals surface area contributed by atoms with Crippen LogP contribution in [0.4, 0.5) is 0 Å². The molecule has 1 heterocycles. The molecule has 6 heteroatoms. The summed E-state index contributed by atoms with van der Waals surface area (Å²) in [5.41, 5.74) is 2.16. The number of aromatic nitrogens is 2. The average molecular weight is 413 g/mol. The lowest BCUT2D eigenvalue weighted by Gasteiger charge is -2.12. The fourth-order valence-electron chi connectivity index (χ4n) is 1.91. The Kier molecular flexibility index (Phi) is 7.94. The molecule has 2 aromatic rings. The smallest absolute Gasteiger partial charge is 0.191 e. The van der Waals surface area contributed by atoms with Gasteiger partial charge in [0.1, 0.15) is 5.82 Å². The summed E-state index contributed by atoms with van der Waals surface area (Å²) in [7, 11) is 1.77. The predicted molar refractivity (Wildman–Crippen MR) is 102 cm³/mol. The van der Waals surface area contributed by atoms with Gasteiger partial charge in [-0.2, -0.15) is 0 Å². The van der Waals surface area contributed by atoms with E-state index < -0.39 is 0 Å². The number of aliphatic imine (C=N–C) groups is 1. The number of guanidine groups is 1. The molecule has 2 rings (SSSR count). The number of halogens is 1. The van der Waals surface area contributed by atoms with Crippen LogP contribution >= 0.6 is 24.0 Å². The highest BCUT2D eigenvalue weighted by Gasteiger charge is 2.04. The van der Waals surface area contributed by atoms with E-state index in [4.69, 9.17) is 0 Å². The van der Waals surface area contributed by atoms with E-state index in [9.17, 15) is 0 Å². The molecule has 0 aliphatic heterocycles. The Bertz CT molecular complexity index is 577. The molecule has 0 aliphatic carbocycles. The number of H-pyrrole nitrogens is 1. The highest BCUT2D eigenvalue weighted by molar-refractivity contribution is 14.0. The summed E-state index contributed by atoms with van der Waals surface area (Å²) in [5, 5.41) is 6.53. The van der Waals surface area contributed by atoms with E-state index in [1.165, 1.54) is 0 Å². The van der Waals surface area contributed by atoms with Crippen molar-refractivity contribution in [3.05, 3.63) is 42.4 Å². The molecule has 0 spiro atoms. The van der Waals surface area contributed by atoms with E-state index in [2.05, 4.69) is 51.6 Å². The predicted octanol–water partition coefficient (Wildman–Crippen LogP) is 3.02. The molecule has 0 aliphatic rings. The number of hydrogen-bond donors (Lipinski definition) is 3. The molecule has 1 aromatic heterocycles. The molecule has 0 amide bonds. The van der Waals surface area contributed by atoms with Gasteiger partial charge in [-0.1, -0.05) is 44.2 Å². The van der Waals surface area contributed by atoms with E-state index in [1.807, 2.05) is 24.4 Å². The van der Waals surface area contributed by atoms with Gasteiger partial charge < -0.3 is 15.6 Å². The van der Waals surface area contributed by atoms with Gasteiger partial charge in [0.25, 0.3) is 0 Å². The second kappa shape index (κ2) is 9.45. The third kappa shape index (κ3) is 5.67. The molecule has 0 radical (unpaired) electrons. The minimum Gasteiger partial charge on any atom is -0.356 e. The fourth-order valence-corrected chi connectivity index (χ4v) is 1.91. The first kappa shape index (κ1) is 18.5. The molecule has 0 fully saturated rings. The van der Waals surface area contributed by atoms with Crippen LogP contribution < -0.4 is 10.6 Å². The zero-order valence-corrected chi connectivity index (χ0v) is 15.6. The molecule has 0 bridgehead atoms. The van der Waals surface area contributed by atoms with Gasteiger partial charge in [0.2, 0.25) is 0 Å². The van der Waals surface area contributed by atoms with Crippen LogP contribution in [0.15, 0.2) is 41.5 Å². The number of rotatable bonds is 5. The zero-order chi connectivity index (χ0) is 15.1. The second-order valence-electron chi connectivity index (χ2n) is 5.31. The maximum atomic E-state index is 4.39. The van der Waals surface area contributed by atoms with Gasteiger partial charge in [-0.3, -0.25) is 4.99 Å². The summed E-state index contributed by atoms with van der Waals surface area (Å²) in [6.45, 7) is 5.84. The molecule has 1 aromatic carbocycles. The summed E-state index contributed by atoms with van der Waals surface area (Å²) in [4.78, 5) is 11.9. The normalized spacial score (nSPS) is 11.2. The van der Waals surface area contributed by atoms with Crippen LogP contribution in [0, 0.1) is 5.92 Å². The molecular weight excluding hydrogens is 389 g/mol. The van der Waals surface area contributed by atoms with Crippen LogP contribution in [-0.2, 0) is 6.54 Å². The highest BCUT2D eigenvalue weighted by atomic mass is 127. The van der Waals surface area contributed by atoms with Crippen molar-refractivity contribution in [1.29, 1.82) is 0 Å². The molecule has 22 heavy (non-hydrogen) atoms. The van der Waals surface area contributed by atoms with Crippen molar-refractivity contribution in [1.82, 2.24) is 20.6 Å². The number of nitrogens with one attached hydrogen (secondary N) is 3. The minimum absolute atomic E-state index is 0. The largest absolute Gasteiger partial charge is 0.356 e. The standard InChI is InChI=1S/C16H23N5.HI/c1-12(2)9-19-16(17-3)20-11-15-18-10-14(21-15)13-7-5-4-6-8-13;/h4-8,10,12H,9,11H2,1-3H3,(H,18,21)(H2,17,19,20);1H. The van der Waals surface area contributed by atoms with Gasteiger partial charge in [0, 0.05) is 13.6 Å². The third-order valence-electron chi connectivity index (χ3n) is 3.04. The first-order chi connectivity index (χ1) is 10.2. The number of hydrogen-bond acceptors (Lipinski definition) is 2. The summed E-state index contributed by atoms with van der Waals surface area (Å²) in [5.74, 6) is 2.26. The minimum atomic E-state index is 0. The van der Waals surface area contributed by atoms with Crippen LogP contribution in [0.1, 0.15) is 19.7 Å². The fraction of sp³-hybridized carbons (Fsp3) is 0.375. The van der Waals surface area contributed by atoms with Crippen molar-refractivity contribution in [2.75, 3.05) is 13.6 Å². The van der Waals surface area contributed by atoms with Gasteiger partial charge in [0.05, 0.1) is 18.4 Å². The molecule has 120 valence electrons. The van der Waals surface area contributed by atoms with Crippen molar-refractivity contribution >= 4 is 29.9 Å². The van der Waals surface area contributed by atoms with Crippen LogP contribution in [-0.4, -0.2) is 29.5 Å². The Morgan fingerprint density at radius 3 is 2.59 bits per heavy atom. The monoisotopic (exact) mass is 413 g/mol. The van der Waals surface area contributed by atoms with E-state index in [1.54, 1.807) is 7.05 Å². The van der Waals surface area contributed by atoms with Crippen molar-refractivity contribution in [3.8, 4) is 11.3 Å². The van der Waals surface area contributed by atoms with E-state index >= 15 is 0 Å². The van der Waals surface area contributed by atoms with Crippen molar-refractivity contribution in [3.63, 3.8) is 0 Å². The maximum Gasteiger partial charge on any atom is 0.191 e. The number of benzene rings is 1. The first-order valence-electron chi connectivity index (χ1n) is 7.23. The van der Waals surface area contributed by atoms with Gasteiger partial charge in [-0.05, 0) is 11.5 Å². The number of nitrogens with zero attached hydrogens (tertiary/aromatic N) is 2. The molecule has 0 saturated heterocycles. The molecule has 0 saturated carbocycles. The van der Waals surface area contributed by atoms with Crippen molar-refractivity contribution in [2.24, 2.45) is 10.9 Å². The maximum absolute atomic E-state index is 4.39. The molecule has 3 N–H and O–H groups in total. The summed E-state index contributed by atoms with van der Waals surface area (Å²) in [6.07, 6.45) is 1.86. The van der Waals surface area contributed by atoms with Gasteiger partial charge >= 0.3 is 0 Å². The Hall–Kier alpha value is -1.57. The highest BCUT2D eigenvalue weighted by Crippen LogP contribution is 2.15. The van der Waals surface area contributed by atoms with Crippen LogP contribution in [0.2, 0.25) is 0 Å². The third-order valence-corrected chi connectivity index (χ3v) is 3.04. The Morgan fingerprint density at radius 2 is 1.95 bits per heavy atom. The Labute approximate surface area is 149 Å². The van der Waals surface area contributed by atoms with Crippen LogP contribution in [0.3, 0.4) is 0 Å². The second-order valence-corrected chi connectivity index (χ2v) is 5.31. The Balaban J connectivity index is 0.00000242. The summed E-state index contributed by atoms with van der Waals surface area (Å²) >= 11 is 0.